The molecule has 0 bridgehead atoms. The van der Waals surface area contributed by atoms with Gasteiger partial charge in [-0.2, -0.15) is 0 Å². The van der Waals surface area contributed by atoms with E-state index in [0.29, 0.717) is 24.0 Å². The fourth-order valence-corrected chi connectivity index (χ4v) is 7.09. The number of carbonyl (C=O) groups excluding carboxylic acids is 2. The van der Waals surface area contributed by atoms with Crippen LogP contribution in [0.2, 0.25) is 0 Å². The van der Waals surface area contributed by atoms with E-state index < -0.39 is 21.7 Å². The summed E-state index contributed by atoms with van der Waals surface area (Å²) in [6.07, 6.45) is 1.55. The first-order valence-electron chi connectivity index (χ1n) is 22.1. The van der Waals surface area contributed by atoms with Gasteiger partial charge in [0.2, 0.25) is 0 Å². The minimum absolute atomic E-state index is 0. The molecule has 68 heavy (non-hydrogen) atoms. The molecule has 18 heteroatoms. The molecule has 2 amide bonds. The number of nitrogens with two attached hydrogens (primary N) is 1. The van der Waals surface area contributed by atoms with Crippen LogP contribution in [0.4, 0.5) is 33.1 Å². The van der Waals surface area contributed by atoms with Gasteiger partial charge in [0.25, 0.3) is 33.5 Å². The molecule has 0 saturated heterocycles. The van der Waals surface area contributed by atoms with Crippen molar-refractivity contribution in [3.05, 3.63) is 135 Å². The van der Waals surface area contributed by atoms with Crippen molar-refractivity contribution in [3.63, 3.8) is 0 Å². The molecule has 2 aromatic heterocycles. The Morgan fingerprint density at radius 3 is 1.50 bits per heavy atom. The zero-order chi connectivity index (χ0) is 50.2. The summed E-state index contributed by atoms with van der Waals surface area (Å²) < 4.78 is 16.6. The number of phenolic OH excluding ortho intramolecular Hbond substituents is 2. The van der Waals surface area contributed by atoms with Crippen LogP contribution in [0.25, 0.3) is 0 Å². The van der Waals surface area contributed by atoms with Crippen molar-refractivity contribution in [2.24, 2.45) is 5.73 Å². The molecule has 2 heterocycles. The third-order valence-electron chi connectivity index (χ3n) is 11.0. The number of aryl methyl sites for hydroxylation is 2. The Labute approximate surface area is 394 Å². The smallest absolute Gasteiger partial charge is 0.272 e. The van der Waals surface area contributed by atoms with Gasteiger partial charge in [0.05, 0.1) is 41.2 Å². The van der Waals surface area contributed by atoms with E-state index in [2.05, 4.69) is 56.6 Å². The summed E-state index contributed by atoms with van der Waals surface area (Å²) in [5.41, 5.74) is 6.16. The number of rotatable bonds is 16. The third kappa shape index (κ3) is 12.0. The summed E-state index contributed by atoms with van der Waals surface area (Å²) in [6, 6.07) is 12.9. The molecule has 0 unspecified atom stereocenters. The molecule has 0 spiro atoms. The third-order valence-corrected chi connectivity index (χ3v) is 11.0. The topological polar surface area (TPSA) is 247 Å². The van der Waals surface area contributed by atoms with Gasteiger partial charge in [-0.1, -0.05) is 53.7 Å². The maximum Gasteiger partial charge on any atom is 0.272 e. The minimum atomic E-state index is -0.716. The van der Waals surface area contributed by atoms with E-state index in [0.717, 1.165) is 29.3 Å². The predicted molar refractivity (Wildman–Crippen MR) is 264 cm³/mol. The Hall–Kier alpha value is -7.21. The van der Waals surface area contributed by atoms with Crippen LogP contribution >= 0.6 is 0 Å². The number of hydrogen-bond acceptors (Lipinski definition) is 15. The fraction of sp³-hybridized carbons (Fsp3) is 0.400. The number of furan rings is 2. The monoisotopic (exact) mass is 944 g/mol. The van der Waals surface area contributed by atoms with E-state index in [9.17, 15) is 39.0 Å². The number of halogens is 1. The van der Waals surface area contributed by atoms with Crippen LogP contribution in [-0.4, -0.2) is 66.6 Å². The molecule has 6 rings (SSSR count). The Balaban J connectivity index is 0.000000294. The SMILES string of the molecule is CCOc1c(Nc2cccc(C(=O)N(C)C)c2O)c(=O)c1=O.CC[C@@H](N)c1cc(C(C)C)c(C)o1.CC[C@@H](Nc1c(Nc2cccc(C(=O)N(C)C)c2O)c(=O)c1=O)c1cc(C(C)C)c(C)o1.F. The highest BCUT2D eigenvalue weighted by Gasteiger charge is 2.28. The minimum Gasteiger partial charge on any atom is -0.505 e. The highest BCUT2D eigenvalue weighted by molar-refractivity contribution is 5.99. The number of para-hydroxylation sites is 2. The molecule has 4 aromatic carbocycles. The zero-order valence-electron chi connectivity index (χ0n) is 41.0. The van der Waals surface area contributed by atoms with E-state index in [4.69, 9.17) is 19.3 Å². The quantitative estimate of drug-likeness (QED) is 0.0396. The van der Waals surface area contributed by atoms with Gasteiger partial charge in [-0.25, -0.2) is 0 Å². The molecular weight excluding hydrogens is 880 g/mol. The Kier molecular flexibility index (Phi) is 19.0. The molecule has 6 aromatic rings. The highest BCUT2D eigenvalue weighted by Crippen LogP contribution is 2.36. The van der Waals surface area contributed by atoms with E-state index in [-0.39, 0.29) is 92.0 Å². The second kappa shape index (κ2) is 23.5. The zero-order valence-corrected chi connectivity index (χ0v) is 41.0. The van der Waals surface area contributed by atoms with Gasteiger partial charge >= 0.3 is 0 Å². The maximum absolute atomic E-state index is 12.3. The second-order valence-corrected chi connectivity index (χ2v) is 17.0. The normalized spacial score (nSPS) is 11.8. The summed E-state index contributed by atoms with van der Waals surface area (Å²) in [7, 11) is 6.27. The summed E-state index contributed by atoms with van der Waals surface area (Å²) in [5.74, 6) is 2.85. The van der Waals surface area contributed by atoms with Crippen molar-refractivity contribution >= 4 is 40.3 Å². The number of nitrogens with zero attached hydrogens (tertiary/aromatic N) is 2. The van der Waals surface area contributed by atoms with Crippen LogP contribution < -0.4 is 48.1 Å². The van der Waals surface area contributed by atoms with E-state index in [1.807, 2.05) is 26.8 Å². The number of amides is 2. The molecule has 0 radical (unpaired) electrons. The van der Waals surface area contributed by atoms with Crippen LogP contribution in [0.1, 0.15) is 140 Å². The molecule has 0 aliphatic heterocycles. The highest BCUT2D eigenvalue weighted by atomic mass is 19.0. The summed E-state index contributed by atoms with van der Waals surface area (Å²) in [5, 5.41) is 29.3. The number of carbonyl (C=O) groups is 2. The van der Waals surface area contributed by atoms with Crippen molar-refractivity contribution in [2.45, 2.75) is 99.1 Å². The van der Waals surface area contributed by atoms with Crippen molar-refractivity contribution in [3.8, 4) is 17.2 Å². The summed E-state index contributed by atoms with van der Waals surface area (Å²) in [4.78, 5) is 74.5. The van der Waals surface area contributed by atoms with Crippen LogP contribution in [0, 0.1) is 13.8 Å². The van der Waals surface area contributed by atoms with Gasteiger partial charge in [0.1, 0.15) is 40.1 Å². The lowest BCUT2D eigenvalue weighted by Gasteiger charge is -2.21. The number of benzene rings is 2. The predicted octanol–water partition coefficient (Wildman–Crippen LogP) is 8.13. The molecule has 2 atom stereocenters. The van der Waals surface area contributed by atoms with E-state index in [1.165, 1.54) is 39.6 Å². The number of nitrogens with one attached hydrogen (secondary N) is 3. The molecular formula is C50H65FN6O11. The van der Waals surface area contributed by atoms with E-state index in [1.54, 1.807) is 47.2 Å². The van der Waals surface area contributed by atoms with Crippen molar-refractivity contribution in [1.82, 2.24) is 9.80 Å². The lowest BCUT2D eigenvalue weighted by atomic mass is 10.0. The summed E-state index contributed by atoms with van der Waals surface area (Å²) >= 11 is 0. The number of hydrogen-bond donors (Lipinski definition) is 6. The first-order chi connectivity index (χ1) is 31.5. The maximum atomic E-state index is 12.3. The largest absolute Gasteiger partial charge is 0.505 e. The van der Waals surface area contributed by atoms with Gasteiger partial charge in [-0.3, -0.25) is 33.5 Å². The second-order valence-electron chi connectivity index (χ2n) is 17.0. The molecule has 7 N–H and O–H groups in total. The van der Waals surface area contributed by atoms with Gasteiger partial charge < -0.3 is 55.3 Å². The molecule has 0 aliphatic carbocycles. The first kappa shape index (κ1) is 55.1. The number of aromatic hydroxyl groups is 2. The van der Waals surface area contributed by atoms with Crippen LogP contribution in [0.5, 0.6) is 17.2 Å². The van der Waals surface area contributed by atoms with Crippen LogP contribution in [-0.2, 0) is 0 Å². The number of ether oxygens (including phenoxy) is 1. The molecule has 0 fully saturated rings. The average Bonchev–Trinajstić information content (AvgIpc) is 3.90. The van der Waals surface area contributed by atoms with E-state index >= 15 is 0 Å². The Bertz CT molecular complexity index is 2840. The number of anilines is 5. The Morgan fingerprint density at radius 1 is 0.662 bits per heavy atom. The average molecular weight is 945 g/mol. The molecule has 0 saturated carbocycles. The van der Waals surface area contributed by atoms with Gasteiger partial charge in [-0.15, -0.1) is 0 Å². The first-order valence-corrected chi connectivity index (χ1v) is 22.1. The Morgan fingerprint density at radius 2 is 1.09 bits per heavy atom. The van der Waals surface area contributed by atoms with Crippen molar-refractivity contribution < 1.29 is 38.1 Å². The van der Waals surface area contributed by atoms with Crippen LogP contribution in [0.15, 0.2) is 76.5 Å². The van der Waals surface area contributed by atoms with Crippen molar-refractivity contribution in [2.75, 3.05) is 50.7 Å². The molecule has 17 nitrogen and oxygen atoms in total. The molecule has 368 valence electrons. The molecule has 0 aliphatic rings. The lowest BCUT2D eigenvalue weighted by Crippen LogP contribution is -2.37. The van der Waals surface area contributed by atoms with Crippen molar-refractivity contribution in [1.29, 1.82) is 0 Å². The van der Waals surface area contributed by atoms with Gasteiger partial charge in [0, 0.05) is 28.2 Å². The fourth-order valence-electron chi connectivity index (χ4n) is 7.09. The van der Waals surface area contributed by atoms with Crippen LogP contribution in [0.3, 0.4) is 0 Å². The lowest BCUT2D eigenvalue weighted by molar-refractivity contribution is 0.0817. The van der Waals surface area contributed by atoms with Gasteiger partial charge in [-0.05, 0) is 93.0 Å². The number of phenols is 2. The standard InChI is InChI=1S/C24H29N3O5.C15H16N2O5.C11H19NO.FH/c1-7-16(18-11-15(12(2)3)13(4)32-18)25-19-20(23(30)22(19)29)26-17-10-8-9-14(21(17)28)24(31)27(5)6;1-4-22-14-10(12(19)13(14)20)16-9-7-5-6-8(11(9)18)15(21)17(2)3;1-5-10(12)11-6-9(7(2)3)8(4)13-11;/h8-12,16,25-26,28H,7H2,1-6H3;5-7,16,18H,4H2,1-3H3;6-7,10H,5,12H2,1-4H3;1H/t16-;;10-;/m1.1./s1. The summed E-state index contributed by atoms with van der Waals surface area (Å²) in [6.45, 7) is 18.3. The van der Waals surface area contributed by atoms with Gasteiger partial charge in [0.15, 0.2) is 17.2 Å².